The molecule has 1 unspecified atom stereocenters. The second kappa shape index (κ2) is 7.51. The molecule has 2 saturated heterocycles. The number of aromatic nitrogens is 4. The molecule has 0 amide bonds. The summed E-state index contributed by atoms with van der Waals surface area (Å²) in [6.07, 6.45) is 2.36. The molecule has 0 saturated carbocycles. The van der Waals surface area contributed by atoms with Gasteiger partial charge in [0.1, 0.15) is 5.82 Å². The molecule has 2 aliphatic rings. The van der Waals surface area contributed by atoms with Crippen LogP contribution in [0.5, 0.6) is 0 Å². The number of anilines is 2. The van der Waals surface area contributed by atoms with Crippen molar-refractivity contribution in [3.8, 4) is 5.69 Å². The van der Waals surface area contributed by atoms with Crippen LogP contribution in [0.25, 0.3) is 16.7 Å². The third kappa shape index (κ3) is 3.72. The quantitative estimate of drug-likeness (QED) is 0.668. The van der Waals surface area contributed by atoms with E-state index in [0.717, 1.165) is 30.0 Å². The molecule has 30 heavy (non-hydrogen) atoms. The van der Waals surface area contributed by atoms with Gasteiger partial charge in [-0.15, -0.1) is 0 Å². The summed E-state index contributed by atoms with van der Waals surface area (Å²) in [6, 6.07) is 7.91. The van der Waals surface area contributed by atoms with Gasteiger partial charge in [-0.2, -0.15) is 15.1 Å². The minimum atomic E-state index is -3.00. The molecule has 4 heterocycles. The standard InChI is InChI=1S/C20H24N6O3S/c1-14-2-4-16(5-3-14)26-19-17(12-21-26)18(25-7-9-29-10-8-25)23-20(24-19)22-15-6-11-30(27,28)13-15/h2-5,12,15H,6-11,13H2,1H3,(H,22,23,24). The highest BCUT2D eigenvalue weighted by atomic mass is 32.2. The van der Waals surface area contributed by atoms with Gasteiger partial charge in [-0.05, 0) is 25.5 Å². The summed E-state index contributed by atoms with van der Waals surface area (Å²) < 4.78 is 31.0. The minimum absolute atomic E-state index is 0.110. The van der Waals surface area contributed by atoms with Gasteiger partial charge >= 0.3 is 0 Å². The predicted octanol–water partition coefficient (Wildman–Crippen LogP) is 1.56. The molecule has 9 nitrogen and oxygen atoms in total. The first-order valence-corrected chi connectivity index (χ1v) is 11.9. The SMILES string of the molecule is Cc1ccc(-n2ncc3c(N4CCOCC4)nc(NC4CCS(=O)(=O)C4)nc32)cc1. The molecule has 2 aromatic heterocycles. The Kier molecular flexibility index (Phi) is 4.82. The number of fused-ring (bicyclic) bond motifs is 1. The van der Waals surface area contributed by atoms with E-state index >= 15 is 0 Å². The van der Waals surface area contributed by atoms with Gasteiger partial charge in [0.05, 0.1) is 42.0 Å². The Hall–Kier alpha value is -2.72. The Morgan fingerprint density at radius 3 is 2.60 bits per heavy atom. The third-order valence-corrected chi connectivity index (χ3v) is 7.33. The monoisotopic (exact) mass is 428 g/mol. The van der Waals surface area contributed by atoms with Gasteiger partial charge in [0.15, 0.2) is 15.5 Å². The topological polar surface area (TPSA) is 102 Å². The molecule has 1 N–H and O–H groups in total. The van der Waals surface area contributed by atoms with E-state index in [1.165, 1.54) is 5.56 Å². The number of hydrogen-bond acceptors (Lipinski definition) is 8. The molecule has 1 atom stereocenters. The number of benzene rings is 1. The largest absolute Gasteiger partial charge is 0.378 e. The van der Waals surface area contributed by atoms with Crippen LogP contribution < -0.4 is 10.2 Å². The molecule has 10 heteroatoms. The fourth-order valence-electron chi connectivity index (χ4n) is 3.94. The van der Waals surface area contributed by atoms with Crippen molar-refractivity contribution in [1.29, 1.82) is 0 Å². The highest BCUT2D eigenvalue weighted by Gasteiger charge is 2.29. The molecule has 0 aliphatic carbocycles. The Bertz CT molecular complexity index is 1170. The first-order valence-electron chi connectivity index (χ1n) is 10.1. The number of aryl methyl sites for hydroxylation is 1. The summed E-state index contributed by atoms with van der Waals surface area (Å²) in [4.78, 5) is 11.7. The van der Waals surface area contributed by atoms with Crippen molar-refractivity contribution in [2.24, 2.45) is 0 Å². The highest BCUT2D eigenvalue weighted by molar-refractivity contribution is 7.91. The van der Waals surface area contributed by atoms with Crippen LogP contribution >= 0.6 is 0 Å². The Labute approximate surface area is 175 Å². The molecule has 5 rings (SSSR count). The molecule has 158 valence electrons. The van der Waals surface area contributed by atoms with Crippen molar-refractivity contribution in [3.05, 3.63) is 36.0 Å². The number of morpholine rings is 1. The predicted molar refractivity (Wildman–Crippen MR) is 115 cm³/mol. The number of sulfone groups is 1. The lowest BCUT2D eigenvalue weighted by atomic mass is 10.2. The summed E-state index contributed by atoms with van der Waals surface area (Å²) in [7, 11) is -3.00. The van der Waals surface area contributed by atoms with Crippen molar-refractivity contribution < 1.29 is 13.2 Å². The van der Waals surface area contributed by atoms with Gasteiger partial charge in [0, 0.05) is 19.1 Å². The Morgan fingerprint density at radius 1 is 1.13 bits per heavy atom. The number of rotatable bonds is 4. The van der Waals surface area contributed by atoms with E-state index in [1.807, 2.05) is 31.2 Å². The summed E-state index contributed by atoms with van der Waals surface area (Å²) in [5.74, 6) is 1.54. The maximum absolute atomic E-state index is 11.9. The van der Waals surface area contributed by atoms with Gasteiger partial charge in [-0.3, -0.25) is 0 Å². The van der Waals surface area contributed by atoms with Crippen molar-refractivity contribution in [1.82, 2.24) is 19.7 Å². The lowest BCUT2D eigenvalue weighted by Gasteiger charge is -2.28. The van der Waals surface area contributed by atoms with Gasteiger partial charge in [-0.1, -0.05) is 17.7 Å². The molecular formula is C20H24N6O3S. The Morgan fingerprint density at radius 2 is 1.90 bits per heavy atom. The van der Waals surface area contributed by atoms with E-state index < -0.39 is 9.84 Å². The highest BCUT2D eigenvalue weighted by Crippen LogP contribution is 2.28. The summed E-state index contributed by atoms with van der Waals surface area (Å²) in [6.45, 7) is 4.79. The molecular weight excluding hydrogens is 404 g/mol. The van der Waals surface area contributed by atoms with Crippen LogP contribution in [0.4, 0.5) is 11.8 Å². The van der Waals surface area contributed by atoms with Gasteiger partial charge in [-0.25, -0.2) is 13.1 Å². The van der Waals surface area contributed by atoms with Crippen molar-refractivity contribution >= 4 is 32.6 Å². The maximum atomic E-state index is 11.9. The number of nitrogens with zero attached hydrogens (tertiary/aromatic N) is 5. The van der Waals surface area contributed by atoms with Crippen LogP contribution in [0.3, 0.4) is 0 Å². The third-order valence-electron chi connectivity index (χ3n) is 5.56. The molecule has 2 fully saturated rings. The summed E-state index contributed by atoms with van der Waals surface area (Å²) in [5, 5.41) is 8.69. The van der Waals surface area contributed by atoms with E-state index in [4.69, 9.17) is 14.7 Å². The molecule has 0 radical (unpaired) electrons. The lowest BCUT2D eigenvalue weighted by molar-refractivity contribution is 0.122. The van der Waals surface area contributed by atoms with E-state index in [9.17, 15) is 8.42 Å². The summed E-state index contributed by atoms with van der Waals surface area (Å²) in [5.41, 5.74) is 2.78. The van der Waals surface area contributed by atoms with Crippen molar-refractivity contribution in [2.75, 3.05) is 48.0 Å². The van der Waals surface area contributed by atoms with Crippen LogP contribution in [0.2, 0.25) is 0 Å². The lowest BCUT2D eigenvalue weighted by Crippen LogP contribution is -2.37. The van der Waals surface area contributed by atoms with E-state index in [2.05, 4.69) is 15.3 Å². The Balaban J connectivity index is 1.59. The van der Waals surface area contributed by atoms with Gasteiger partial charge in [0.2, 0.25) is 5.95 Å². The van der Waals surface area contributed by atoms with Gasteiger partial charge in [0.25, 0.3) is 0 Å². The van der Waals surface area contributed by atoms with Gasteiger partial charge < -0.3 is 15.0 Å². The fourth-order valence-corrected chi connectivity index (χ4v) is 5.61. The van der Waals surface area contributed by atoms with Crippen LogP contribution in [0, 0.1) is 6.92 Å². The smallest absolute Gasteiger partial charge is 0.226 e. The first-order chi connectivity index (χ1) is 14.5. The first kappa shape index (κ1) is 19.3. The molecule has 2 aliphatic heterocycles. The zero-order valence-electron chi connectivity index (χ0n) is 16.8. The number of ether oxygens (including phenoxy) is 1. The summed E-state index contributed by atoms with van der Waals surface area (Å²) >= 11 is 0. The van der Waals surface area contributed by atoms with E-state index in [1.54, 1.807) is 10.9 Å². The van der Waals surface area contributed by atoms with Crippen molar-refractivity contribution in [2.45, 2.75) is 19.4 Å². The van der Waals surface area contributed by atoms with Crippen LogP contribution in [-0.2, 0) is 14.6 Å². The average Bonchev–Trinajstić information content (AvgIpc) is 3.31. The van der Waals surface area contributed by atoms with Crippen LogP contribution in [-0.4, -0.2) is 72.0 Å². The van der Waals surface area contributed by atoms with Crippen LogP contribution in [0.1, 0.15) is 12.0 Å². The molecule has 3 aromatic rings. The maximum Gasteiger partial charge on any atom is 0.226 e. The number of hydrogen-bond donors (Lipinski definition) is 1. The van der Waals surface area contributed by atoms with Crippen molar-refractivity contribution in [3.63, 3.8) is 0 Å². The molecule has 0 spiro atoms. The van der Waals surface area contributed by atoms with E-state index in [-0.39, 0.29) is 17.5 Å². The van der Waals surface area contributed by atoms with Crippen LogP contribution in [0.15, 0.2) is 30.5 Å². The zero-order valence-corrected chi connectivity index (χ0v) is 17.6. The second-order valence-corrected chi connectivity index (χ2v) is 10.1. The zero-order chi connectivity index (χ0) is 20.7. The molecule has 0 bridgehead atoms. The fraction of sp³-hybridized carbons (Fsp3) is 0.450. The normalized spacial score (nSPS) is 21.2. The van der Waals surface area contributed by atoms with E-state index in [0.29, 0.717) is 31.2 Å². The average molecular weight is 429 g/mol. The minimum Gasteiger partial charge on any atom is -0.378 e. The molecule has 1 aromatic carbocycles. The second-order valence-electron chi connectivity index (χ2n) is 7.84. The number of nitrogens with one attached hydrogen (secondary N) is 1.